The second-order valence-corrected chi connectivity index (χ2v) is 6.97. The topological polar surface area (TPSA) is 50.2 Å². The fourth-order valence-electron chi connectivity index (χ4n) is 2.73. The SMILES string of the molecule is Cn1cnc(C(=O)NC[C@@H]2CSCCN2Cc2ccccc2)c1. The van der Waals surface area contributed by atoms with E-state index in [4.69, 9.17) is 0 Å². The molecule has 5 nitrogen and oxygen atoms in total. The van der Waals surface area contributed by atoms with E-state index in [1.54, 1.807) is 17.1 Å². The summed E-state index contributed by atoms with van der Waals surface area (Å²) < 4.78 is 1.78. The quantitative estimate of drug-likeness (QED) is 0.908. The Kier molecular flexibility index (Phi) is 5.35. The molecule has 0 saturated carbocycles. The third-order valence-corrected chi connectivity index (χ3v) is 5.11. The van der Waals surface area contributed by atoms with Crippen LogP contribution in [-0.2, 0) is 13.6 Å². The fourth-order valence-corrected chi connectivity index (χ4v) is 3.87. The van der Waals surface area contributed by atoms with E-state index in [2.05, 4.69) is 39.5 Å². The van der Waals surface area contributed by atoms with Gasteiger partial charge >= 0.3 is 0 Å². The highest BCUT2D eigenvalue weighted by atomic mass is 32.2. The van der Waals surface area contributed by atoms with Crippen molar-refractivity contribution in [2.45, 2.75) is 12.6 Å². The minimum Gasteiger partial charge on any atom is -0.349 e. The molecule has 1 fully saturated rings. The predicted octanol–water partition coefficient (Wildman–Crippen LogP) is 1.77. The van der Waals surface area contributed by atoms with Gasteiger partial charge in [-0.3, -0.25) is 9.69 Å². The molecular weight excluding hydrogens is 308 g/mol. The van der Waals surface area contributed by atoms with Gasteiger partial charge in [-0.25, -0.2) is 4.98 Å². The lowest BCUT2D eigenvalue weighted by molar-refractivity contribution is 0.0931. The van der Waals surface area contributed by atoms with Gasteiger partial charge in [-0.2, -0.15) is 11.8 Å². The normalized spacial score (nSPS) is 18.7. The van der Waals surface area contributed by atoms with Gasteiger partial charge in [0.1, 0.15) is 5.69 Å². The number of nitrogens with one attached hydrogen (secondary N) is 1. The van der Waals surface area contributed by atoms with Crippen molar-refractivity contribution in [2.24, 2.45) is 7.05 Å². The van der Waals surface area contributed by atoms with Crippen molar-refractivity contribution in [1.29, 1.82) is 0 Å². The van der Waals surface area contributed by atoms with E-state index in [0.717, 1.165) is 24.6 Å². The van der Waals surface area contributed by atoms with Crippen LogP contribution in [0.25, 0.3) is 0 Å². The monoisotopic (exact) mass is 330 g/mol. The Hall–Kier alpha value is -1.79. The third kappa shape index (κ3) is 4.36. The first-order chi connectivity index (χ1) is 11.2. The van der Waals surface area contributed by atoms with E-state index in [1.165, 1.54) is 5.56 Å². The molecule has 1 aliphatic rings. The Morgan fingerprint density at radius 2 is 2.22 bits per heavy atom. The summed E-state index contributed by atoms with van der Waals surface area (Å²) in [7, 11) is 1.86. The van der Waals surface area contributed by atoms with Gasteiger partial charge in [0.05, 0.1) is 6.33 Å². The summed E-state index contributed by atoms with van der Waals surface area (Å²) in [6.07, 6.45) is 3.39. The number of hydrogen-bond acceptors (Lipinski definition) is 4. The maximum absolute atomic E-state index is 12.2. The molecule has 0 unspecified atom stereocenters. The second-order valence-electron chi connectivity index (χ2n) is 5.82. The molecule has 1 amide bonds. The van der Waals surface area contributed by atoms with E-state index < -0.39 is 0 Å². The lowest BCUT2D eigenvalue weighted by Gasteiger charge is -2.35. The molecule has 0 radical (unpaired) electrons. The minimum atomic E-state index is -0.0964. The molecule has 1 aromatic carbocycles. The summed E-state index contributed by atoms with van der Waals surface area (Å²) in [6.45, 7) is 2.66. The summed E-state index contributed by atoms with van der Waals surface area (Å²) in [5, 5.41) is 3.03. The molecule has 122 valence electrons. The van der Waals surface area contributed by atoms with E-state index in [9.17, 15) is 4.79 Å². The molecule has 2 aromatic rings. The van der Waals surface area contributed by atoms with Gasteiger partial charge in [0.25, 0.3) is 5.91 Å². The summed E-state index contributed by atoms with van der Waals surface area (Å²) in [5.74, 6) is 2.10. The maximum Gasteiger partial charge on any atom is 0.271 e. The molecule has 3 rings (SSSR count). The van der Waals surface area contributed by atoms with Crippen molar-refractivity contribution < 1.29 is 4.79 Å². The third-order valence-electron chi connectivity index (χ3n) is 4.01. The van der Waals surface area contributed by atoms with Crippen molar-refractivity contribution in [1.82, 2.24) is 19.8 Å². The zero-order valence-corrected chi connectivity index (χ0v) is 14.1. The van der Waals surface area contributed by atoms with Crippen LogP contribution in [0, 0.1) is 0 Å². The van der Waals surface area contributed by atoms with Gasteiger partial charge in [0, 0.05) is 50.4 Å². The van der Waals surface area contributed by atoms with Gasteiger partial charge in [-0.05, 0) is 5.56 Å². The zero-order chi connectivity index (χ0) is 16.1. The predicted molar refractivity (Wildman–Crippen MR) is 93.5 cm³/mol. The van der Waals surface area contributed by atoms with Gasteiger partial charge in [0.15, 0.2) is 0 Å². The molecule has 1 saturated heterocycles. The number of carbonyl (C=O) groups excluding carboxylic acids is 1. The highest BCUT2D eigenvalue weighted by molar-refractivity contribution is 7.99. The Balaban J connectivity index is 1.57. The van der Waals surface area contributed by atoms with Crippen molar-refractivity contribution in [3.63, 3.8) is 0 Å². The molecule has 1 aliphatic heterocycles. The van der Waals surface area contributed by atoms with Crippen LogP contribution in [0.5, 0.6) is 0 Å². The molecule has 1 N–H and O–H groups in total. The Bertz CT molecular complexity index is 643. The highest BCUT2D eigenvalue weighted by Gasteiger charge is 2.23. The lowest BCUT2D eigenvalue weighted by atomic mass is 10.1. The number of aromatic nitrogens is 2. The molecule has 2 heterocycles. The van der Waals surface area contributed by atoms with Crippen LogP contribution in [0.15, 0.2) is 42.9 Å². The Morgan fingerprint density at radius 1 is 1.39 bits per heavy atom. The van der Waals surface area contributed by atoms with Gasteiger partial charge in [-0.15, -0.1) is 0 Å². The van der Waals surface area contributed by atoms with Crippen LogP contribution in [0.1, 0.15) is 16.1 Å². The van der Waals surface area contributed by atoms with Gasteiger partial charge in [0.2, 0.25) is 0 Å². The minimum absolute atomic E-state index is 0.0964. The van der Waals surface area contributed by atoms with E-state index in [1.807, 2.05) is 24.9 Å². The number of carbonyl (C=O) groups is 1. The van der Waals surface area contributed by atoms with Crippen LogP contribution in [0.4, 0.5) is 0 Å². The Labute approximate surface area is 141 Å². The van der Waals surface area contributed by atoms with Crippen molar-refractivity contribution in [3.8, 4) is 0 Å². The summed E-state index contributed by atoms with van der Waals surface area (Å²) in [6, 6.07) is 10.9. The van der Waals surface area contributed by atoms with Gasteiger partial charge < -0.3 is 9.88 Å². The average molecular weight is 330 g/mol. The van der Waals surface area contributed by atoms with E-state index in [0.29, 0.717) is 18.3 Å². The summed E-state index contributed by atoms with van der Waals surface area (Å²) in [4.78, 5) is 18.7. The van der Waals surface area contributed by atoms with E-state index in [-0.39, 0.29) is 5.91 Å². The van der Waals surface area contributed by atoms with Crippen molar-refractivity contribution >= 4 is 17.7 Å². The molecule has 0 spiro atoms. The van der Waals surface area contributed by atoms with Crippen LogP contribution in [0.3, 0.4) is 0 Å². The van der Waals surface area contributed by atoms with Crippen LogP contribution < -0.4 is 5.32 Å². The molecule has 6 heteroatoms. The molecule has 0 bridgehead atoms. The molecule has 1 aromatic heterocycles. The standard InChI is InChI=1S/C17H22N4OS/c1-20-11-16(19-13-20)17(22)18-9-15-12-23-8-7-21(15)10-14-5-3-2-4-6-14/h2-6,11,13,15H,7-10,12H2,1H3,(H,18,22)/t15-/m1/s1. The van der Waals surface area contributed by atoms with Crippen molar-refractivity contribution in [2.75, 3.05) is 24.6 Å². The first-order valence-corrected chi connectivity index (χ1v) is 9.00. The number of nitrogens with zero attached hydrogens (tertiary/aromatic N) is 3. The van der Waals surface area contributed by atoms with E-state index >= 15 is 0 Å². The number of imidazole rings is 1. The first kappa shape index (κ1) is 16.1. The number of amides is 1. The number of aryl methyl sites for hydroxylation is 1. The smallest absolute Gasteiger partial charge is 0.271 e. The fraction of sp³-hybridized carbons (Fsp3) is 0.412. The zero-order valence-electron chi connectivity index (χ0n) is 13.3. The number of hydrogen-bond donors (Lipinski definition) is 1. The molecule has 0 aliphatic carbocycles. The molecule has 1 atom stereocenters. The largest absolute Gasteiger partial charge is 0.349 e. The number of benzene rings is 1. The summed E-state index contributed by atoms with van der Waals surface area (Å²) >= 11 is 1.96. The lowest BCUT2D eigenvalue weighted by Crippen LogP contribution is -2.48. The van der Waals surface area contributed by atoms with Crippen LogP contribution in [0.2, 0.25) is 0 Å². The van der Waals surface area contributed by atoms with Gasteiger partial charge in [-0.1, -0.05) is 30.3 Å². The first-order valence-electron chi connectivity index (χ1n) is 7.84. The molecule has 23 heavy (non-hydrogen) atoms. The maximum atomic E-state index is 12.2. The van der Waals surface area contributed by atoms with Crippen LogP contribution >= 0.6 is 11.8 Å². The van der Waals surface area contributed by atoms with Crippen LogP contribution in [-0.4, -0.2) is 51.0 Å². The second kappa shape index (κ2) is 7.66. The number of thioether (sulfide) groups is 1. The molecular formula is C17H22N4OS. The summed E-state index contributed by atoms with van der Waals surface area (Å²) in [5.41, 5.74) is 1.80. The number of rotatable bonds is 5. The van der Waals surface area contributed by atoms with Crippen molar-refractivity contribution in [3.05, 3.63) is 54.1 Å². The highest BCUT2D eigenvalue weighted by Crippen LogP contribution is 2.18. The Morgan fingerprint density at radius 3 is 2.96 bits per heavy atom. The average Bonchev–Trinajstić information content (AvgIpc) is 3.01.